The van der Waals surface area contributed by atoms with Crippen molar-refractivity contribution in [2.45, 2.75) is 51.4 Å². The van der Waals surface area contributed by atoms with Gasteiger partial charge in [0, 0.05) is 20.3 Å². The summed E-state index contributed by atoms with van der Waals surface area (Å²) >= 11 is 0. The van der Waals surface area contributed by atoms with E-state index in [-0.39, 0.29) is 17.2 Å². The zero-order valence-electron chi connectivity index (χ0n) is 12.8. The first-order valence-corrected chi connectivity index (χ1v) is 6.80. The molecule has 1 fully saturated rings. The third kappa shape index (κ3) is 3.00. The van der Waals surface area contributed by atoms with Crippen molar-refractivity contribution in [2.75, 3.05) is 24.3 Å². The Hall–Kier alpha value is -1.29. The number of pyridine rings is 1. The van der Waals surface area contributed by atoms with E-state index in [0.717, 1.165) is 17.9 Å². The van der Waals surface area contributed by atoms with Crippen LogP contribution >= 0.6 is 0 Å². The predicted octanol–water partition coefficient (Wildman–Crippen LogP) is 2.91. The molecule has 0 saturated carbocycles. The van der Waals surface area contributed by atoms with Crippen molar-refractivity contribution in [3.05, 3.63) is 18.3 Å². The van der Waals surface area contributed by atoms with Gasteiger partial charge in [0.1, 0.15) is 0 Å². The van der Waals surface area contributed by atoms with E-state index in [1.165, 1.54) is 0 Å². The van der Waals surface area contributed by atoms with E-state index >= 15 is 0 Å². The van der Waals surface area contributed by atoms with Gasteiger partial charge in [-0.2, -0.15) is 0 Å². The van der Waals surface area contributed by atoms with Gasteiger partial charge < -0.3 is 15.0 Å². The van der Waals surface area contributed by atoms with Crippen LogP contribution in [0.3, 0.4) is 0 Å². The minimum Gasteiger partial charge on any atom is -0.376 e. The highest BCUT2D eigenvalue weighted by Crippen LogP contribution is 2.39. The molecule has 19 heavy (non-hydrogen) atoms. The van der Waals surface area contributed by atoms with Gasteiger partial charge in [-0.05, 0) is 46.2 Å². The van der Waals surface area contributed by atoms with E-state index in [2.05, 4.69) is 44.1 Å². The SMILES string of the molecule is CN(C)c1ncccc1NC1CC(C)(C)OC1(C)C. The van der Waals surface area contributed by atoms with Crippen molar-refractivity contribution < 1.29 is 4.74 Å². The number of hydrogen-bond donors (Lipinski definition) is 1. The minimum absolute atomic E-state index is 0.0817. The summed E-state index contributed by atoms with van der Waals surface area (Å²) in [6, 6.07) is 4.32. The average Bonchev–Trinajstić information content (AvgIpc) is 2.47. The fourth-order valence-electron chi connectivity index (χ4n) is 2.84. The van der Waals surface area contributed by atoms with Crippen LogP contribution in [0.15, 0.2) is 18.3 Å². The summed E-state index contributed by atoms with van der Waals surface area (Å²) in [5.41, 5.74) is 0.803. The van der Waals surface area contributed by atoms with Crippen LogP contribution in [0, 0.1) is 0 Å². The smallest absolute Gasteiger partial charge is 0.151 e. The first-order valence-electron chi connectivity index (χ1n) is 6.80. The number of ether oxygens (including phenoxy) is 1. The molecule has 0 radical (unpaired) electrons. The lowest BCUT2D eigenvalue weighted by Crippen LogP contribution is -2.38. The van der Waals surface area contributed by atoms with Gasteiger partial charge in [0.05, 0.1) is 22.9 Å². The number of nitrogens with one attached hydrogen (secondary N) is 1. The number of nitrogens with zero attached hydrogens (tertiary/aromatic N) is 2. The Morgan fingerprint density at radius 2 is 2.00 bits per heavy atom. The van der Waals surface area contributed by atoms with Crippen LogP contribution in [0.5, 0.6) is 0 Å². The molecule has 1 saturated heterocycles. The molecule has 1 atom stereocenters. The molecule has 1 aromatic heterocycles. The monoisotopic (exact) mass is 263 g/mol. The highest BCUT2D eigenvalue weighted by atomic mass is 16.5. The molecular weight excluding hydrogens is 238 g/mol. The zero-order chi connectivity index (χ0) is 14.3. The molecule has 0 amide bonds. The maximum Gasteiger partial charge on any atom is 0.151 e. The lowest BCUT2D eigenvalue weighted by atomic mass is 9.94. The largest absolute Gasteiger partial charge is 0.376 e. The average molecular weight is 263 g/mol. The summed E-state index contributed by atoms with van der Waals surface area (Å²) in [7, 11) is 4.02. The number of aromatic nitrogens is 1. The maximum atomic E-state index is 6.12. The van der Waals surface area contributed by atoms with Gasteiger partial charge in [-0.25, -0.2) is 4.98 Å². The lowest BCUT2D eigenvalue weighted by molar-refractivity contribution is -0.0662. The van der Waals surface area contributed by atoms with Crippen LogP contribution in [-0.4, -0.2) is 36.3 Å². The van der Waals surface area contributed by atoms with Gasteiger partial charge in [0.25, 0.3) is 0 Å². The topological polar surface area (TPSA) is 37.4 Å². The van der Waals surface area contributed by atoms with Crippen molar-refractivity contribution in [3.63, 3.8) is 0 Å². The van der Waals surface area contributed by atoms with Crippen molar-refractivity contribution in [2.24, 2.45) is 0 Å². The molecule has 1 aliphatic rings. The summed E-state index contributed by atoms with van der Waals surface area (Å²) in [6.07, 6.45) is 2.81. The minimum atomic E-state index is -0.178. The Balaban J connectivity index is 2.22. The molecule has 1 aromatic rings. The second-order valence-corrected chi connectivity index (χ2v) is 6.64. The van der Waals surface area contributed by atoms with Crippen molar-refractivity contribution in [1.82, 2.24) is 4.98 Å². The van der Waals surface area contributed by atoms with Gasteiger partial charge in [-0.1, -0.05) is 0 Å². The predicted molar refractivity (Wildman–Crippen MR) is 79.8 cm³/mol. The molecule has 2 rings (SSSR count). The first kappa shape index (κ1) is 14.1. The molecule has 0 aromatic carbocycles. The molecule has 1 aliphatic heterocycles. The van der Waals surface area contributed by atoms with Crippen LogP contribution in [-0.2, 0) is 4.74 Å². The molecule has 0 aliphatic carbocycles. The Morgan fingerprint density at radius 3 is 2.53 bits per heavy atom. The van der Waals surface area contributed by atoms with Crippen LogP contribution in [0.1, 0.15) is 34.1 Å². The summed E-state index contributed by atoms with van der Waals surface area (Å²) in [6.45, 7) is 8.58. The van der Waals surface area contributed by atoms with Gasteiger partial charge >= 0.3 is 0 Å². The Kier molecular flexibility index (Phi) is 3.47. The second-order valence-electron chi connectivity index (χ2n) is 6.64. The molecular formula is C15H25N3O. The third-order valence-corrected chi connectivity index (χ3v) is 3.61. The lowest BCUT2D eigenvalue weighted by Gasteiger charge is -2.29. The molecule has 0 bridgehead atoms. The number of rotatable bonds is 3. The first-order chi connectivity index (χ1) is 8.71. The van der Waals surface area contributed by atoms with E-state index in [1.54, 1.807) is 0 Å². The van der Waals surface area contributed by atoms with E-state index in [1.807, 2.05) is 31.3 Å². The van der Waals surface area contributed by atoms with Crippen LogP contribution < -0.4 is 10.2 Å². The summed E-state index contributed by atoms with van der Waals surface area (Å²) in [5.74, 6) is 0.961. The third-order valence-electron chi connectivity index (χ3n) is 3.61. The van der Waals surface area contributed by atoms with E-state index < -0.39 is 0 Å². The van der Waals surface area contributed by atoms with E-state index in [4.69, 9.17) is 4.74 Å². The normalized spacial score (nSPS) is 24.2. The summed E-state index contributed by atoms with van der Waals surface area (Å²) < 4.78 is 6.12. The van der Waals surface area contributed by atoms with Crippen molar-refractivity contribution in [1.29, 1.82) is 0 Å². The number of anilines is 2. The van der Waals surface area contributed by atoms with Crippen LogP contribution in [0.25, 0.3) is 0 Å². The molecule has 2 heterocycles. The second kappa shape index (κ2) is 4.67. The van der Waals surface area contributed by atoms with Crippen molar-refractivity contribution in [3.8, 4) is 0 Å². The van der Waals surface area contributed by atoms with Gasteiger partial charge in [0.2, 0.25) is 0 Å². The van der Waals surface area contributed by atoms with E-state index in [0.29, 0.717) is 0 Å². The Bertz CT molecular complexity index is 454. The molecule has 1 N–H and O–H groups in total. The van der Waals surface area contributed by atoms with E-state index in [9.17, 15) is 0 Å². The fraction of sp³-hybridized carbons (Fsp3) is 0.667. The highest BCUT2D eigenvalue weighted by Gasteiger charge is 2.46. The number of hydrogen-bond acceptors (Lipinski definition) is 4. The van der Waals surface area contributed by atoms with Gasteiger partial charge in [0.15, 0.2) is 5.82 Å². The quantitative estimate of drug-likeness (QED) is 0.910. The fourth-order valence-corrected chi connectivity index (χ4v) is 2.84. The Morgan fingerprint density at radius 1 is 1.32 bits per heavy atom. The van der Waals surface area contributed by atoms with Crippen molar-refractivity contribution >= 4 is 11.5 Å². The summed E-state index contributed by atoms with van der Waals surface area (Å²) in [5, 5.41) is 3.61. The zero-order valence-corrected chi connectivity index (χ0v) is 12.8. The van der Waals surface area contributed by atoms with Gasteiger partial charge in [-0.3, -0.25) is 0 Å². The molecule has 4 nitrogen and oxygen atoms in total. The highest BCUT2D eigenvalue weighted by molar-refractivity contribution is 5.65. The molecule has 1 unspecified atom stereocenters. The molecule has 0 spiro atoms. The molecule has 106 valence electrons. The maximum absolute atomic E-state index is 6.12. The van der Waals surface area contributed by atoms with Crippen LogP contribution in [0.2, 0.25) is 0 Å². The van der Waals surface area contributed by atoms with Gasteiger partial charge in [-0.15, -0.1) is 0 Å². The Labute approximate surface area is 116 Å². The standard InChI is InChI=1S/C15H25N3O/c1-14(2)10-12(15(3,4)19-14)17-11-8-7-9-16-13(11)18(5)6/h7-9,12,17H,10H2,1-6H3. The van der Waals surface area contributed by atoms with Crippen LogP contribution in [0.4, 0.5) is 11.5 Å². The molecule has 4 heteroatoms. The summed E-state index contributed by atoms with van der Waals surface area (Å²) in [4.78, 5) is 6.45.